The molecule has 194 valence electrons. The van der Waals surface area contributed by atoms with Crippen molar-refractivity contribution in [3.8, 4) is 5.75 Å². The Bertz CT molecular complexity index is 1070. The number of rotatable bonds is 9. The number of carbonyl (C=O) groups is 2. The van der Waals surface area contributed by atoms with Gasteiger partial charge >= 0.3 is 0 Å². The molecule has 2 aliphatic heterocycles. The summed E-state index contributed by atoms with van der Waals surface area (Å²) in [6, 6.07) is 11.8. The average Bonchev–Trinajstić information content (AvgIpc) is 3.36. The third-order valence-electron chi connectivity index (χ3n) is 7.02. The Hall–Kier alpha value is -2.93. The largest absolute Gasteiger partial charge is 0.481 e. The molecule has 1 saturated heterocycles. The number of nitrogens with zero attached hydrogens (tertiary/aromatic N) is 2. The number of carbonyl (C=O) groups excluding carboxylic acids is 2. The summed E-state index contributed by atoms with van der Waals surface area (Å²) in [5.41, 5.74) is 2.76. The maximum atomic E-state index is 14.2. The first-order chi connectivity index (χ1) is 17.3. The minimum Gasteiger partial charge on any atom is -0.481 e. The second-order valence-corrected chi connectivity index (χ2v) is 10.4. The standard InChI is InChI=1S/C29H38FN3O3/c1-20(2)17-27(34)33-15-11-22-9-10-25(19-26(22)28(33)23-7-6-8-24(30)18-23)36-21(3)29(35)31-12-16-32-13-4-5-14-32/h6-10,18-21,28H,4-5,11-17H2,1-3H3,(H,31,35)/t21-,28-/m1/s1. The molecule has 2 atom stereocenters. The van der Waals surface area contributed by atoms with E-state index in [-0.39, 0.29) is 23.5 Å². The van der Waals surface area contributed by atoms with E-state index in [1.807, 2.05) is 43.0 Å². The molecule has 0 bridgehead atoms. The molecule has 0 radical (unpaired) electrons. The van der Waals surface area contributed by atoms with Crippen LogP contribution in [0.4, 0.5) is 4.39 Å². The number of ether oxygens (including phenoxy) is 1. The second kappa shape index (κ2) is 11.9. The monoisotopic (exact) mass is 495 g/mol. The number of likely N-dealkylation sites (tertiary alicyclic amines) is 1. The van der Waals surface area contributed by atoms with Gasteiger partial charge in [0.2, 0.25) is 5.91 Å². The summed E-state index contributed by atoms with van der Waals surface area (Å²) in [7, 11) is 0. The van der Waals surface area contributed by atoms with E-state index in [1.165, 1.54) is 25.0 Å². The van der Waals surface area contributed by atoms with Crippen molar-refractivity contribution in [1.82, 2.24) is 15.1 Å². The van der Waals surface area contributed by atoms with Crippen molar-refractivity contribution in [2.45, 2.75) is 58.6 Å². The number of fused-ring (bicyclic) bond motifs is 1. The minimum absolute atomic E-state index is 0.0574. The Labute approximate surface area is 213 Å². The van der Waals surface area contributed by atoms with Gasteiger partial charge in [-0.3, -0.25) is 9.59 Å². The molecule has 2 aliphatic rings. The summed E-state index contributed by atoms with van der Waals surface area (Å²) in [6.07, 6.45) is 2.95. The Balaban J connectivity index is 1.51. The molecular formula is C29H38FN3O3. The Kier molecular flexibility index (Phi) is 8.62. The van der Waals surface area contributed by atoms with E-state index >= 15 is 0 Å². The zero-order valence-corrected chi connectivity index (χ0v) is 21.6. The highest BCUT2D eigenvalue weighted by Crippen LogP contribution is 2.38. The van der Waals surface area contributed by atoms with Crippen LogP contribution < -0.4 is 10.1 Å². The smallest absolute Gasteiger partial charge is 0.260 e. The lowest BCUT2D eigenvalue weighted by molar-refractivity contribution is -0.134. The first kappa shape index (κ1) is 26.1. The molecule has 1 fully saturated rings. The van der Waals surface area contributed by atoms with Crippen LogP contribution in [0.2, 0.25) is 0 Å². The zero-order chi connectivity index (χ0) is 25.7. The Morgan fingerprint density at radius 2 is 1.86 bits per heavy atom. The van der Waals surface area contributed by atoms with Gasteiger partial charge in [0, 0.05) is 26.1 Å². The lowest BCUT2D eigenvalue weighted by atomic mass is 9.87. The average molecular weight is 496 g/mol. The topological polar surface area (TPSA) is 61.9 Å². The second-order valence-electron chi connectivity index (χ2n) is 10.4. The summed E-state index contributed by atoms with van der Waals surface area (Å²) < 4.78 is 20.2. The molecule has 0 aromatic heterocycles. The quantitative estimate of drug-likeness (QED) is 0.563. The van der Waals surface area contributed by atoms with E-state index in [1.54, 1.807) is 13.0 Å². The van der Waals surface area contributed by atoms with Crippen LogP contribution in [0.15, 0.2) is 42.5 Å². The van der Waals surface area contributed by atoms with Gasteiger partial charge in [0.25, 0.3) is 5.91 Å². The van der Waals surface area contributed by atoms with Gasteiger partial charge in [-0.15, -0.1) is 0 Å². The first-order valence-electron chi connectivity index (χ1n) is 13.2. The molecule has 1 N–H and O–H groups in total. The highest BCUT2D eigenvalue weighted by atomic mass is 19.1. The van der Waals surface area contributed by atoms with Crippen LogP contribution in [0.3, 0.4) is 0 Å². The number of halogens is 1. The first-order valence-corrected chi connectivity index (χ1v) is 13.2. The molecule has 2 heterocycles. The van der Waals surface area contributed by atoms with E-state index in [0.717, 1.165) is 42.7 Å². The van der Waals surface area contributed by atoms with Crippen LogP contribution >= 0.6 is 0 Å². The number of hydrogen-bond donors (Lipinski definition) is 1. The molecule has 0 aliphatic carbocycles. The van der Waals surface area contributed by atoms with Crippen molar-refractivity contribution < 1.29 is 18.7 Å². The van der Waals surface area contributed by atoms with Gasteiger partial charge in [0.05, 0.1) is 6.04 Å². The van der Waals surface area contributed by atoms with Crippen LogP contribution in [-0.2, 0) is 16.0 Å². The van der Waals surface area contributed by atoms with E-state index in [2.05, 4.69) is 10.2 Å². The zero-order valence-electron chi connectivity index (χ0n) is 21.6. The van der Waals surface area contributed by atoms with Crippen LogP contribution in [0.25, 0.3) is 0 Å². The number of benzene rings is 2. The fourth-order valence-electron chi connectivity index (χ4n) is 5.18. The van der Waals surface area contributed by atoms with Crippen molar-refractivity contribution >= 4 is 11.8 Å². The third-order valence-corrected chi connectivity index (χ3v) is 7.02. The summed E-state index contributed by atoms with van der Waals surface area (Å²) in [5, 5.41) is 2.97. The number of amides is 2. The van der Waals surface area contributed by atoms with Gasteiger partial charge in [-0.2, -0.15) is 0 Å². The molecule has 6 nitrogen and oxygen atoms in total. The highest BCUT2D eigenvalue weighted by molar-refractivity contribution is 5.80. The molecule has 2 aromatic carbocycles. The minimum atomic E-state index is -0.656. The Morgan fingerprint density at radius 3 is 2.58 bits per heavy atom. The van der Waals surface area contributed by atoms with Crippen molar-refractivity contribution in [3.63, 3.8) is 0 Å². The van der Waals surface area contributed by atoms with Crippen LogP contribution in [0, 0.1) is 11.7 Å². The van der Waals surface area contributed by atoms with Gasteiger partial charge in [0.15, 0.2) is 6.10 Å². The van der Waals surface area contributed by atoms with Crippen molar-refractivity contribution in [2.75, 3.05) is 32.7 Å². The summed E-state index contributed by atoms with van der Waals surface area (Å²) in [6.45, 7) is 10.0. The molecule has 0 saturated carbocycles. The van der Waals surface area contributed by atoms with E-state index < -0.39 is 12.1 Å². The molecule has 0 spiro atoms. The summed E-state index contributed by atoms with van der Waals surface area (Å²) in [4.78, 5) is 30.0. The molecule has 2 aromatic rings. The fourth-order valence-corrected chi connectivity index (χ4v) is 5.18. The summed E-state index contributed by atoms with van der Waals surface area (Å²) in [5.74, 6) is 0.369. The predicted molar refractivity (Wildman–Crippen MR) is 138 cm³/mol. The number of nitrogens with one attached hydrogen (secondary N) is 1. The lowest BCUT2D eigenvalue weighted by Crippen LogP contribution is -2.41. The van der Waals surface area contributed by atoms with E-state index in [9.17, 15) is 14.0 Å². The van der Waals surface area contributed by atoms with Crippen molar-refractivity contribution in [1.29, 1.82) is 0 Å². The lowest BCUT2D eigenvalue weighted by Gasteiger charge is -2.38. The third kappa shape index (κ3) is 6.44. The van der Waals surface area contributed by atoms with Crippen molar-refractivity contribution in [2.24, 2.45) is 5.92 Å². The molecule has 0 unspecified atom stereocenters. The molecular weight excluding hydrogens is 457 g/mol. The van der Waals surface area contributed by atoms with Crippen LogP contribution in [0.5, 0.6) is 5.75 Å². The fraction of sp³-hybridized carbons (Fsp3) is 0.517. The maximum absolute atomic E-state index is 14.2. The van der Waals surface area contributed by atoms with Gasteiger partial charge in [-0.1, -0.05) is 32.0 Å². The predicted octanol–water partition coefficient (Wildman–Crippen LogP) is 4.33. The van der Waals surface area contributed by atoms with E-state index in [4.69, 9.17) is 4.74 Å². The molecule has 7 heteroatoms. The molecule has 2 amide bonds. The van der Waals surface area contributed by atoms with Crippen LogP contribution in [0.1, 0.15) is 62.8 Å². The van der Waals surface area contributed by atoms with Gasteiger partial charge < -0.3 is 19.9 Å². The van der Waals surface area contributed by atoms with Crippen molar-refractivity contribution in [3.05, 3.63) is 65.0 Å². The van der Waals surface area contributed by atoms with Gasteiger partial charge in [-0.05, 0) is 86.1 Å². The molecule has 36 heavy (non-hydrogen) atoms. The summed E-state index contributed by atoms with van der Waals surface area (Å²) >= 11 is 0. The van der Waals surface area contributed by atoms with Gasteiger partial charge in [-0.25, -0.2) is 4.39 Å². The normalized spacial score (nSPS) is 18.7. The number of hydrogen-bond acceptors (Lipinski definition) is 4. The maximum Gasteiger partial charge on any atom is 0.260 e. The highest BCUT2D eigenvalue weighted by Gasteiger charge is 2.33. The molecule has 4 rings (SSSR count). The van der Waals surface area contributed by atoms with Crippen LogP contribution in [-0.4, -0.2) is 60.4 Å². The SMILES string of the molecule is CC(C)CC(=O)N1CCc2ccc(O[C@H](C)C(=O)NCCN3CCCC3)cc2[C@H]1c1cccc(F)c1. The Morgan fingerprint density at radius 1 is 1.08 bits per heavy atom. The van der Waals surface area contributed by atoms with E-state index in [0.29, 0.717) is 25.3 Å². The van der Waals surface area contributed by atoms with Gasteiger partial charge in [0.1, 0.15) is 11.6 Å².